The van der Waals surface area contributed by atoms with Crippen molar-refractivity contribution in [2.45, 2.75) is 39.2 Å². The Labute approximate surface area is 147 Å². The molecule has 2 rings (SSSR count). The van der Waals surface area contributed by atoms with Gasteiger partial charge in [-0.25, -0.2) is 0 Å². The van der Waals surface area contributed by atoms with E-state index in [1.165, 1.54) is 15.3 Å². The van der Waals surface area contributed by atoms with Gasteiger partial charge in [0.2, 0.25) is 0 Å². The fraction of sp³-hybridized carbons (Fsp3) is 0.500. The zero-order valence-corrected chi connectivity index (χ0v) is 16.0. The van der Waals surface area contributed by atoms with Crippen molar-refractivity contribution in [3.05, 3.63) is 43.8 Å². The summed E-state index contributed by atoms with van der Waals surface area (Å²) in [7, 11) is 4.10. The summed E-state index contributed by atoms with van der Waals surface area (Å²) in [4.78, 5) is 18.1. The summed E-state index contributed by atoms with van der Waals surface area (Å²) >= 11 is 3.38. The van der Waals surface area contributed by atoms with E-state index in [1.807, 2.05) is 0 Å². The Morgan fingerprint density at radius 1 is 1.35 bits per heavy atom. The van der Waals surface area contributed by atoms with E-state index in [0.29, 0.717) is 6.54 Å². The molecule has 3 nitrogen and oxygen atoms in total. The summed E-state index contributed by atoms with van der Waals surface area (Å²) in [6.07, 6.45) is 3.18. The second kappa shape index (κ2) is 8.62. The highest BCUT2D eigenvalue weighted by Gasteiger charge is 2.18. The predicted molar refractivity (Wildman–Crippen MR) is 101 cm³/mol. The van der Waals surface area contributed by atoms with Crippen LogP contribution in [0.2, 0.25) is 0 Å². The van der Waals surface area contributed by atoms with Gasteiger partial charge in [0.1, 0.15) is 0 Å². The van der Waals surface area contributed by atoms with Crippen LogP contribution in [0.5, 0.6) is 0 Å². The number of thiophene rings is 2. The summed E-state index contributed by atoms with van der Waals surface area (Å²) in [6, 6.07) is 6.48. The van der Waals surface area contributed by atoms with E-state index < -0.39 is 0 Å². The monoisotopic (exact) mass is 350 g/mol. The van der Waals surface area contributed by atoms with Gasteiger partial charge in [-0.1, -0.05) is 26.3 Å². The van der Waals surface area contributed by atoms with Crippen LogP contribution < -0.4 is 5.32 Å². The lowest BCUT2D eigenvalue weighted by atomic mass is 10.1. The molecule has 0 aliphatic heterocycles. The number of amides is 1. The summed E-state index contributed by atoms with van der Waals surface area (Å²) < 4.78 is 0. The Kier molecular flexibility index (Phi) is 6.81. The Morgan fingerprint density at radius 2 is 2.13 bits per heavy atom. The zero-order chi connectivity index (χ0) is 16.8. The lowest BCUT2D eigenvalue weighted by molar-refractivity contribution is 0.0946. The standard InChI is InChI=1S/C18H26N2OS2/c1-5-8-15-13(6-2)11-17(23-15)18(21)19-12-14(20(3)4)16-9-7-10-22-16/h7,9-11,14H,5-6,8,12H2,1-4H3,(H,19,21). The summed E-state index contributed by atoms with van der Waals surface area (Å²) in [5, 5.41) is 5.19. The molecule has 2 heterocycles. The van der Waals surface area contributed by atoms with Gasteiger partial charge in [0.05, 0.1) is 10.9 Å². The van der Waals surface area contributed by atoms with Crippen LogP contribution >= 0.6 is 22.7 Å². The highest BCUT2D eigenvalue weighted by Crippen LogP contribution is 2.26. The molecule has 1 atom stereocenters. The first-order valence-electron chi connectivity index (χ1n) is 8.16. The number of rotatable bonds is 8. The number of likely N-dealkylation sites (N-methyl/N-ethyl adjacent to an activating group) is 1. The van der Waals surface area contributed by atoms with Gasteiger partial charge < -0.3 is 10.2 Å². The lowest BCUT2D eigenvalue weighted by Gasteiger charge is -2.23. The van der Waals surface area contributed by atoms with E-state index in [-0.39, 0.29) is 11.9 Å². The van der Waals surface area contributed by atoms with E-state index in [9.17, 15) is 4.79 Å². The van der Waals surface area contributed by atoms with Crippen LogP contribution in [0.1, 0.15) is 51.3 Å². The van der Waals surface area contributed by atoms with Crippen molar-refractivity contribution in [3.63, 3.8) is 0 Å². The highest BCUT2D eigenvalue weighted by molar-refractivity contribution is 7.14. The molecule has 0 spiro atoms. The molecule has 5 heteroatoms. The number of aryl methyl sites for hydroxylation is 2. The van der Waals surface area contributed by atoms with Crippen molar-refractivity contribution in [2.24, 2.45) is 0 Å². The molecule has 0 aliphatic carbocycles. The molecule has 126 valence electrons. The van der Waals surface area contributed by atoms with Crippen molar-refractivity contribution < 1.29 is 4.79 Å². The van der Waals surface area contributed by atoms with E-state index >= 15 is 0 Å². The van der Waals surface area contributed by atoms with Gasteiger partial charge in [-0.2, -0.15) is 0 Å². The molecule has 0 saturated carbocycles. The van der Waals surface area contributed by atoms with Crippen molar-refractivity contribution in [1.29, 1.82) is 0 Å². The first kappa shape index (κ1) is 18.2. The number of carbonyl (C=O) groups excluding carboxylic acids is 1. The zero-order valence-electron chi connectivity index (χ0n) is 14.4. The molecule has 1 N–H and O–H groups in total. The molecular weight excluding hydrogens is 324 g/mol. The Morgan fingerprint density at radius 3 is 2.70 bits per heavy atom. The molecular formula is C18H26N2OS2. The minimum Gasteiger partial charge on any atom is -0.349 e. The fourth-order valence-corrected chi connectivity index (χ4v) is 4.81. The first-order chi connectivity index (χ1) is 11.1. The normalized spacial score (nSPS) is 12.6. The lowest BCUT2D eigenvalue weighted by Crippen LogP contribution is -2.33. The molecule has 23 heavy (non-hydrogen) atoms. The molecule has 0 radical (unpaired) electrons. The molecule has 2 aromatic heterocycles. The van der Waals surface area contributed by atoms with Crippen LogP contribution in [0.25, 0.3) is 0 Å². The van der Waals surface area contributed by atoms with Crippen LogP contribution in [-0.4, -0.2) is 31.4 Å². The topological polar surface area (TPSA) is 32.3 Å². The van der Waals surface area contributed by atoms with Crippen LogP contribution in [0.15, 0.2) is 23.6 Å². The maximum atomic E-state index is 12.5. The largest absolute Gasteiger partial charge is 0.349 e. The number of hydrogen-bond donors (Lipinski definition) is 1. The predicted octanol–water partition coefficient (Wildman–Crippen LogP) is 4.36. The average Bonchev–Trinajstić information content (AvgIpc) is 3.17. The first-order valence-corrected chi connectivity index (χ1v) is 9.86. The molecule has 0 fully saturated rings. The molecule has 0 saturated heterocycles. The second-order valence-electron chi connectivity index (χ2n) is 5.87. The van der Waals surface area contributed by atoms with Crippen LogP contribution in [-0.2, 0) is 12.8 Å². The van der Waals surface area contributed by atoms with E-state index in [0.717, 1.165) is 24.1 Å². The third-order valence-corrected chi connectivity index (χ3v) is 6.14. The van der Waals surface area contributed by atoms with E-state index in [1.54, 1.807) is 22.7 Å². The van der Waals surface area contributed by atoms with Gasteiger partial charge in [0, 0.05) is 16.3 Å². The van der Waals surface area contributed by atoms with Gasteiger partial charge in [0.25, 0.3) is 5.91 Å². The molecule has 1 unspecified atom stereocenters. The van der Waals surface area contributed by atoms with Gasteiger partial charge >= 0.3 is 0 Å². The van der Waals surface area contributed by atoms with Crippen molar-refractivity contribution in [2.75, 3.05) is 20.6 Å². The minimum absolute atomic E-state index is 0.0514. The SMILES string of the molecule is CCCc1sc(C(=O)NCC(c2cccs2)N(C)C)cc1CC. The highest BCUT2D eigenvalue weighted by atomic mass is 32.1. The third-order valence-electron chi connectivity index (χ3n) is 3.93. The van der Waals surface area contributed by atoms with Crippen molar-refractivity contribution in [3.8, 4) is 0 Å². The Balaban J connectivity index is 2.03. The molecule has 0 aromatic carbocycles. The van der Waals surface area contributed by atoms with Gasteiger partial charge in [-0.05, 0) is 50.0 Å². The van der Waals surface area contributed by atoms with Crippen LogP contribution in [0.4, 0.5) is 0 Å². The Hall–Kier alpha value is -1.17. The third kappa shape index (κ3) is 4.66. The average molecular weight is 351 g/mol. The van der Waals surface area contributed by atoms with Gasteiger partial charge in [-0.3, -0.25) is 4.79 Å². The fourth-order valence-electron chi connectivity index (χ4n) is 2.61. The number of carbonyl (C=O) groups is 1. The molecule has 1 amide bonds. The molecule has 0 aliphatic rings. The van der Waals surface area contributed by atoms with E-state index in [4.69, 9.17) is 0 Å². The summed E-state index contributed by atoms with van der Waals surface area (Å²) in [5.74, 6) is 0.0514. The summed E-state index contributed by atoms with van der Waals surface area (Å²) in [5.41, 5.74) is 1.32. The smallest absolute Gasteiger partial charge is 0.261 e. The van der Waals surface area contributed by atoms with Crippen LogP contribution in [0, 0.1) is 0 Å². The number of hydrogen-bond acceptors (Lipinski definition) is 4. The van der Waals surface area contributed by atoms with Gasteiger partial charge in [0.15, 0.2) is 0 Å². The maximum absolute atomic E-state index is 12.5. The van der Waals surface area contributed by atoms with Crippen molar-refractivity contribution >= 4 is 28.6 Å². The van der Waals surface area contributed by atoms with E-state index in [2.05, 4.69) is 61.7 Å². The van der Waals surface area contributed by atoms with Crippen molar-refractivity contribution in [1.82, 2.24) is 10.2 Å². The quantitative estimate of drug-likeness (QED) is 0.767. The van der Waals surface area contributed by atoms with Gasteiger partial charge in [-0.15, -0.1) is 22.7 Å². The molecule has 2 aromatic rings. The minimum atomic E-state index is 0.0514. The van der Waals surface area contributed by atoms with Crippen LogP contribution in [0.3, 0.4) is 0 Å². The second-order valence-corrected chi connectivity index (χ2v) is 7.98. The maximum Gasteiger partial charge on any atom is 0.261 e. The summed E-state index contributed by atoms with van der Waals surface area (Å²) in [6.45, 7) is 4.97. The number of nitrogens with one attached hydrogen (secondary N) is 1. The Bertz CT molecular complexity index is 617. The molecule has 0 bridgehead atoms. The number of nitrogens with zero attached hydrogens (tertiary/aromatic N) is 1.